The lowest BCUT2D eigenvalue weighted by atomic mass is 10.1. The number of benzene rings is 2. The Bertz CT molecular complexity index is 1330. The number of carbonyl (C=O) groups is 2. The molecule has 0 radical (unpaired) electrons. The zero-order chi connectivity index (χ0) is 24.9. The van der Waals surface area contributed by atoms with E-state index in [0.717, 1.165) is 30.2 Å². The molecule has 178 valence electrons. The fourth-order valence-electron chi connectivity index (χ4n) is 3.31. The Kier molecular flexibility index (Phi) is 7.42. The number of rotatable bonds is 8. The SMILES string of the molecule is CCCCOC(=O)c1ccc(-c2ccc(/C=C3/SC(=S)N(c4cccc([N+](=O)[O-])c4)C3=O)o2)cc1. The number of unbranched alkanes of at least 4 members (excludes halogenated alkanes) is 1. The van der Waals surface area contributed by atoms with Gasteiger partial charge in [0.25, 0.3) is 11.6 Å². The molecule has 1 aromatic heterocycles. The quantitative estimate of drug-likeness (QED) is 0.0883. The second-order valence-electron chi connectivity index (χ2n) is 7.56. The average Bonchev–Trinajstić information content (AvgIpc) is 3.43. The molecular weight excluding hydrogens is 488 g/mol. The molecular formula is C25H20N2O6S2. The van der Waals surface area contributed by atoms with Crippen molar-refractivity contribution in [2.24, 2.45) is 0 Å². The molecule has 2 heterocycles. The van der Waals surface area contributed by atoms with E-state index < -0.39 is 4.92 Å². The molecule has 1 amide bonds. The van der Waals surface area contributed by atoms with Gasteiger partial charge in [-0.1, -0.05) is 55.5 Å². The van der Waals surface area contributed by atoms with Crippen LogP contribution in [-0.4, -0.2) is 27.7 Å². The largest absolute Gasteiger partial charge is 0.462 e. The van der Waals surface area contributed by atoms with E-state index in [1.54, 1.807) is 48.5 Å². The van der Waals surface area contributed by atoms with Crippen LogP contribution in [-0.2, 0) is 9.53 Å². The van der Waals surface area contributed by atoms with Gasteiger partial charge in [-0.2, -0.15) is 0 Å². The minimum absolute atomic E-state index is 0.128. The number of non-ortho nitro benzene ring substituents is 1. The molecule has 1 fully saturated rings. The summed E-state index contributed by atoms with van der Waals surface area (Å²) in [5.41, 5.74) is 1.43. The van der Waals surface area contributed by atoms with E-state index in [-0.39, 0.29) is 21.9 Å². The number of anilines is 1. The van der Waals surface area contributed by atoms with Gasteiger partial charge in [-0.3, -0.25) is 19.8 Å². The van der Waals surface area contributed by atoms with Gasteiger partial charge >= 0.3 is 5.97 Å². The molecule has 0 atom stereocenters. The van der Waals surface area contributed by atoms with Crippen LogP contribution in [0.4, 0.5) is 11.4 Å². The number of amides is 1. The van der Waals surface area contributed by atoms with Crippen molar-refractivity contribution < 1.29 is 23.7 Å². The van der Waals surface area contributed by atoms with E-state index in [4.69, 9.17) is 21.4 Å². The molecule has 0 saturated carbocycles. The lowest BCUT2D eigenvalue weighted by Gasteiger charge is -2.13. The summed E-state index contributed by atoms with van der Waals surface area (Å²) < 4.78 is 11.4. The molecule has 0 bridgehead atoms. The van der Waals surface area contributed by atoms with Crippen LogP contribution >= 0.6 is 24.0 Å². The summed E-state index contributed by atoms with van der Waals surface area (Å²) >= 11 is 6.43. The van der Waals surface area contributed by atoms with E-state index in [1.165, 1.54) is 23.1 Å². The number of nitro benzene ring substituents is 1. The average molecular weight is 509 g/mol. The van der Waals surface area contributed by atoms with Crippen LogP contribution in [0.3, 0.4) is 0 Å². The first-order valence-electron chi connectivity index (χ1n) is 10.8. The minimum atomic E-state index is -0.525. The predicted octanol–water partition coefficient (Wildman–Crippen LogP) is 6.22. The molecule has 0 aliphatic carbocycles. The molecule has 0 N–H and O–H groups in total. The van der Waals surface area contributed by atoms with Crippen molar-refractivity contribution in [2.75, 3.05) is 11.5 Å². The number of thiocarbonyl (C=S) groups is 1. The molecule has 8 nitrogen and oxygen atoms in total. The third kappa shape index (κ3) is 5.50. The summed E-state index contributed by atoms with van der Waals surface area (Å²) in [5.74, 6) is 0.263. The predicted molar refractivity (Wildman–Crippen MR) is 138 cm³/mol. The Balaban J connectivity index is 1.49. The fourth-order valence-corrected chi connectivity index (χ4v) is 4.59. The molecule has 1 aliphatic rings. The van der Waals surface area contributed by atoms with Crippen molar-refractivity contribution in [2.45, 2.75) is 19.8 Å². The Morgan fingerprint density at radius 3 is 2.69 bits per heavy atom. The highest BCUT2D eigenvalue weighted by atomic mass is 32.2. The first-order chi connectivity index (χ1) is 16.9. The van der Waals surface area contributed by atoms with Crippen LogP contribution in [0.15, 0.2) is 70.0 Å². The van der Waals surface area contributed by atoms with E-state index in [9.17, 15) is 19.7 Å². The van der Waals surface area contributed by atoms with Crippen LogP contribution in [0, 0.1) is 10.1 Å². The summed E-state index contributed by atoms with van der Waals surface area (Å²) in [6, 6.07) is 16.1. The zero-order valence-electron chi connectivity index (χ0n) is 18.6. The topological polar surface area (TPSA) is 103 Å². The maximum Gasteiger partial charge on any atom is 0.338 e. The van der Waals surface area contributed by atoms with Crippen molar-refractivity contribution in [3.05, 3.63) is 87.0 Å². The summed E-state index contributed by atoms with van der Waals surface area (Å²) in [7, 11) is 0. The second kappa shape index (κ2) is 10.7. The summed E-state index contributed by atoms with van der Waals surface area (Å²) in [6.07, 6.45) is 3.36. The molecule has 2 aromatic carbocycles. The Morgan fingerprint density at radius 1 is 1.20 bits per heavy atom. The molecule has 0 unspecified atom stereocenters. The minimum Gasteiger partial charge on any atom is -0.462 e. The van der Waals surface area contributed by atoms with Gasteiger partial charge in [0.1, 0.15) is 11.5 Å². The zero-order valence-corrected chi connectivity index (χ0v) is 20.3. The number of hydrogen-bond donors (Lipinski definition) is 0. The summed E-state index contributed by atoms with van der Waals surface area (Å²) in [5, 5.41) is 11.1. The van der Waals surface area contributed by atoms with E-state index in [0.29, 0.717) is 34.3 Å². The Morgan fingerprint density at radius 2 is 1.97 bits per heavy atom. The van der Waals surface area contributed by atoms with Gasteiger partial charge in [-0.25, -0.2) is 4.79 Å². The van der Waals surface area contributed by atoms with Crippen LogP contribution in [0.1, 0.15) is 35.9 Å². The third-order valence-electron chi connectivity index (χ3n) is 5.13. The lowest BCUT2D eigenvalue weighted by Crippen LogP contribution is -2.27. The normalized spacial score (nSPS) is 14.5. The van der Waals surface area contributed by atoms with E-state index >= 15 is 0 Å². The number of thioether (sulfide) groups is 1. The number of hydrogen-bond acceptors (Lipinski definition) is 8. The standard InChI is InChI=1S/C25H20N2O6S2/c1-2-3-13-32-24(29)17-9-7-16(8-10-17)21-12-11-20(33-21)15-22-23(28)26(25(34)35-22)18-5-4-6-19(14-18)27(30)31/h4-12,14-15H,2-3,13H2,1H3/b22-15+. The van der Waals surface area contributed by atoms with Crippen molar-refractivity contribution in [3.8, 4) is 11.3 Å². The van der Waals surface area contributed by atoms with Gasteiger partial charge in [0.15, 0.2) is 4.32 Å². The Hall–Kier alpha value is -3.76. The van der Waals surface area contributed by atoms with Crippen molar-refractivity contribution in [3.63, 3.8) is 0 Å². The van der Waals surface area contributed by atoms with Gasteiger partial charge in [-0.05, 0) is 36.8 Å². The molecule has 4 rings (SSSR count). The monoisotopic (exact) mass is 508 g/mol. The number of furan rings is 1. The number of ether oxygens (including phenoxy) is 1. The first-order valence-corrected chi connectivity index (χ1v) is 12.0. The molecule has 0 spiro atoms. The lowest BCUT2D eigenvalue weighted by molar-refractivity contribution is -0.384. The molecule has 10 heteroatoms. The molecule has 35 heavy (non-hydrogen) atoms. The number of nitrogens with zero attached hydrogens (tertiary/aromatic N) is 2. The van der Waals surface area contributed by atoms with Crippen molar-refractivity contribution in [1.29, 1.82) is 0 Å². The fraction of sp³-hybridized carbons (Fsp3) is 0.160. The van der Waals surface area contributed by atoms with Gasteiger partial charge in [-0.15, -0.1) is 0 Å². The highest BCUT2D eigenvalue weighted by Gasteiger charge is 2.34. The van der Waals surface area contributed by atoms with Crippen LogP contribution in [0.25, 0.3) is 17.4 Å². The van der Waals surface area contributed by atoms with Crippen molar-refractivity contribution in [1.82, 2.24) is 0 Å². The Labute approximate surface area is 210 Å². The van der Waals surface area contributed by atoms with Crippen LogP contribution in [0.5, 0.6) is 0 Å². The summed E-state index contributed by atoms with van der Waals surface area (Å²) in [6.45, 7) is 2.42. The first kappa shape index (κ1) is 24.4. The van der Waals surface area contributed by atoms with Crippen LogP contribution in [0.2, 0.25) is 0 Å². The van der Waals surface area contributed by atoms with Gasteiger partial charge in [0, 0.05) is 23.8 Å². The summed E-state index contributed by atoms with van der Waals surface area (Å²) in [4.78, 5) is 37.2. The van der Waals surface area contributed by atoms with Crippen molar-refractivity contribution >= 4 is 57.6 Å². The number of nitro groups is 1. The van der Waals surface area contributed by atoms with Gasteiger partial charge < -0.3 is 9.15 Å². The van der Waals surface area contributed by atoms with E-state index in [2.05, 4.69) is 0 Å². The van der Waals surface area contributed by atoms with Crippen LogP contribution < -0.4 is 4.90 Å². The molecule has 1 saturated heterocycles. The maximum atomic E-state index is 13.0. The maximum absolute atomic E-state index is 13.0. The van der Waals surface area contributed by atoms with Gasteiger partial charge in [0.2, 0.25) is 0 Å². The molecule has 1 aliphatic heterocycles. The smallest absolute Gasteiger partial charge is 0.338 e. The third-order valence-corrected chi connectivity index (χ3v) is 6.43. The highest BCUT2D eigenvalue weighted by Crippen LogP contribution is 2.37. The number of carbonyl (C=O) groups excluding carboxylic acids is 2. The highest BCUT2D eigenvalue weighted by molar-refractivity contribution is 8.27. The number of esters is 1. The second-order valence-corrected chi connectivity index (χ2v) is 9.24. The molecule has 3 aromatic rings. The van der Waals surface area contributed by atoms with Gasteiger partial charge in [0.05, 0.1) is 27.7 Å². The van der Waals surface area contributed by atoms with E-state index in [1.807, 2.05) is 6.92 Å².